The summed E-state index contributed by atoms with van der Waals surface area (Å²) in [5.74, 6) is -1.01. The molecule has 0 aromatic heterocycles. The van der Waals surface area contributed by atoms with Crippen LogP contribution in [-0.4, -0.2) is 53.8 Å². The van der Waals surface area contributed by atoms with Gasteiger partial charge >= 0.3 is 12.1 Å². The standard InChI is InChI=1S/C26H30N2O5S/c1-34-14-13-22(25(30)31)27-24(29)23(16-7-6-8-16)28-26(32)33-15-21-19-11-4-2-9-17(19)18-10-3-5-12-20(18)21/h2-5,9-12,16,21-23H,6-8,13-15H2,1H3,(H,27,29)(H,28,32)(H,30,31)/t22-,23?/m0/s1. The number of carbonyl (C=O) groups is 3. The molecule has 34 heavy (non-hydrogen) atoms. The number of thioether (sulfide) groups is 1. The molecular formula is C26H30N2O5S. The van der Waals surface area contributed by atoms with Crippen LogP contribution in [0.4, 0.5) is 4.79 Å². The minimum absolute atomic E-state index is 0.0181. The summed E-state index contributed by atoms with van der Waals surface area (Å²) in [4.78, 5) is 37.2. The molecule has 2 atom stereocenters. The molecule has 0 saturated heterocycles. The van der Waals surface area contributed by atoms with Crippen molar-refractivity contribution in [2.24, 2.45) is 5.92 Å². The lowest BCUT2D eigenvalue weighted by atomic mass is 9.79. The van der Waals surface area contributed by atoms with Crippen molar-refractivity contribution in [2.75, 3.05) is 18.6 Å². The van der Waals surface area contributed by atoms with Gasteiger partial charge in [0.05, 0.1) is 0 Å². The quantitative estimate of drug-likeness (QED) is 0.473. The fourth-order valence-corrected chi connectivity index (χ4v) is 5.16. The predicted octanol–water partition coefficient (Wildman–Crippen LogP) is 4.02. The maximum atomic E-state index is 12.9. The molecule has 0 aliphatic heterocycles. The summed E-state index contributed by atoms with van der Waals surface area (Å²) in [5.41, 5.74) is 4.51. The fraction of sp³-hybridized carbons (Fsp3) is 0.423. The largest absolute Gasteiger partial charge is 0.480 e. The molecule has 0 bridgehead atoms. The number of carboxylic acid groups (broad SMARTS) is 1. The molecule has 0 radical (unpaired) electrons. The van der Waals surface area contributed by atoms with Gasteiger partial charge in [-0.1, -0.05) is 55.0 Å². The maximum absolute atomic E-state index is 12.9. The molecule has 2 aliphatic carbocycles. The van der Waals surface area contributed by atoms with Crippen LogP contribution in [0.2, 0.25) is 0 Å². The number of ether oxygens (including phenoxy) is 1. The number of nitrogens with one attached hydrogen (secondary N) is 2. The number of hydrogen-bond acceptors (Lipinski definition) is 5. The first-order chi connectivity index (χ1) is 16.5. The van der Waals surface area contributed by atoms with Crippen LogP contribution in [0.25, 0.3) is 11.1 Å². The number of hydrogen-bond donors (Lipinski definition) is 3. The minimum Gasteiger partial charge on any atom is -0.480 e. The molecule has 2 aromatic rings. The molecule has 2 aliphatic rings. The SMILES string of the molecule is CSCC[C@H](NC(=O)C(NC(=O)OCC1c2ccccc2-c2ccccc21)C1CCC1)C(=O)O. The van der Waals surface area contributed by atoms with E-state index in [-0.39, 0.29) is 18.4 Å². The van der Waals surface area contributed by atoms with Crippen LogP contribution >= 0.6 is 11.8 Å². The maximum Gasteiger partial charge on any atom is 0.407 e. The van der Waals surface area contributed by atoms with Gasteiger partial charge in [0.25, 0.3) is 0 Å². The van der Waals surface area contributed by atoms with Gasteiger partial charge in [-0.2, -0.15) is 11.8 Å². The Balaban J connectivity index is 1.40. The molecule has 0 spiro atoms. The van der Waals surface area contributed by atoms with Crippen molar-refractivity contribution in [2.45, 2.75) is 43.7 Å². The number of amides is 2. The number of aliphatic carboxylic acids is 1. The fourth-order valence-electron chi connectivity index (χ4n) is 4.69. The lowest BCUT2D eigenvalue weighted by Crippen LogP contribution is -2.56. The highest BCUT2D eigenvalue weighted by molar-refractivity contribution is 7.98. The second-order valence-electron chi connectivity index (χ2n) is 8.82. The first-order valence-corrected chi connectivity index (χ1v) is 13.0. The number of carbonyl (C=O) groups excluding carboxylic acids is 2. The highest BCUT2D eigenvalue weighted by Gasteiger charge is 2.36. The summed E-state index contributed by atoms with van der Waals surface area (Å²) in [6.07, 6.45) is 4.15. The van der Waals surface area contributed by atoms with Crippen molar-refractivity contribution in [1.82, 2.24) is 10.6 Å². The van der Waals surface area contributed by atoms with Crippen molar-refractivity contribution in [3.63, 3.8) is 0 Å². The Morgan fingerprint density at radius 3 is 2.18 bits per heavy atom. The van der Waals surface area contributed by atoms with E-state index < -0.39 is 30.1 Å². The average Bonchev–Trinajstić information content (AvgIpc) is 3.12. The van der Waals surface area contributed by atoms with Crippen LogP contribution in [0.3, 0.4) is 0 Å². The van der Waals surface area contributed by atoms with Crippen LogP contribution in [0.5, 0.6) is 0 Å². The van der Waals surface area contributed by atoms with Gasteiger partial charge in [0.15, 0.2) is 0 Å². The molecule has 1 unspecified atom stereocenters. The number of alkyl carbamates (subject to hydrolysis) is 1. The Hall–Kier alpha value is -3.00. The second-order valence-corrected chi connectivity index (χ2v) is 9.81. The molecule has 180 valence electrons. The molecule has 2 aromatic carbocycles. The lowest BCUT2D eigenvalue weighted by molar-refractivity contribution is -0.142. The van der Waals surface area contributed by atoms with Gasteiger partial charge in [0.1, 0.15) is 18.7 Å². The number of fused-ring (bicyclic) bond motifs is 3. The van der Waals surface area contributed by atoms with Crippen LogP contribution in [-0.2, 0) is 14.3 Å². The highest BCUT2D eigenvalue weighted by atomic mass is 32.2. The van der Waals surface area contributed by atoms with E-state index in [0.29, 0.717) is 12.2 Å². The highest BCUT2D eigenvalue weighted by Crippen LogP contribution is 2.44. The van der Waals surface area contributed by atoms with Gasteiger partial charge in [0.2, 0.25) is 5.91 Å². The van der Waals surface area contributed by atoms with E-state index in [0.717, 1.165) is 41.5 Å². The molecule has 4 rings (SSSR count). The van der Waals surface area contributed by atoms with E-state index in [1.807, 2.05) is 42.7 Å². The molecule has 0 heterocycles. The zero-order valence-electron chi connectivity index (χ0n) is 19.2. The monoisotopic (exact) mass is 482 g/mol. The van der Waals surface area contributed by atoms with Gasteiger partial charge < -0.3 is 20.5 Å². The van der Waals surface area contributed by atoms with E-state index in [2.05, 4.69) is 22.8 Å². The van der Waals surface area contributed by atoms with E-state index in [9.17, 15) is 19.5 Å². The van der Waals surface area contributed by atoms with Gasteiger partial charge in [-0.15, -0.1) is 0 Å². The Bertz CT molecular complexity index is 1010. The zero-order valence-corrected chi connectivity index (χ0v) is 20.0. The second kappa shape index (κ2) is 11.0. The van der Waals surface area contributed by atoms with Gasteiger partial charge in [-0.25, -0.2) is 9.59 Å². The first kappa shape index (κ1) is 24.1. The Morgan fingerprint density at radius 2 is 1.65 bits per heavy atom. The van der Waals surface area contributed by atoms with Crippen molar-refractivity contribution in [3.05, 3.63) is 59.7 Å². The summed E-state index contributed by atoms with van der Waals surface area (Å²) in [6.45, 7) is 0.157. The van der Waals surface area contributed by atoms with E-state index in [4.69, 9.17) is 4.74 Å². The summed E-state index contributed by atoms with van der Waals surface area (Å²) >= 11 is 1.52. The summed E-state index contributed by atoms with van der Waals surface area (Å²) < 4.78 is 5.61. The van der Waals surface area contributed by atoms with Gasteiger partial charge in [-0.3, -0.25) is 4.79 Å². The third-order valence-corrected chi connectivity index (χ3v) is 7.39. The summed E-state index contributed by atoms with van der Waals surface area (Å²) in [6, 6.07) is 14.4. The first-order valence-electron chi connectivity index (χ1n) is 11.6. The molecule has 8 heteroatoms. The molecule has 3 N–H and O–H groups in total. The molecular weight excluding hydrogens is 452 g/mol. The Labute approximate surface area is 203 Å². The van der Waals surface area contributed by atoms with E-state index in [1.54, 1.807) is 0 Å². The normalized spacial score (nSPS) is 16.5. The molecule has 1 saturated carbocycles. The number of benzene rings is 2. The minimum atomic E-state index is -1.07. The predicted molar refractivity (Wildman–Crippen MR) is 132 cm³/mol. The lowest BCUT2D eigenvalue weighted by Gasteiger charge is -2.33. The van der Waals surface area contributed by atoms with Crippen LogP contribution in [0.15, 0.2) is 48.5 Å². The Kier molecular flexibility index (Phi) is 7.77. The molecule has 7 nitrogen and oxygen atoms in total. The van der Waals surface area contributed by atoms with E-state index in [1.165, 1.54) is 11.8 Å². The van der Waals surface area contributed by atoms with Crippen molar-refractivity contribution >= 4 is 29.7 Å². The third kappa shape index (κ3) is 5.22. The van der Waals surface area contributed by atoms with E-state index >= 15 is 0 Å². The van der Waals surface area contributed by atoms with Crippen LogP contribution in [0.1, 0.15) is 42.7 Å². The summed E-state index contributed by atoms with van der Waals surface area (Å²) in [7, 11) is 0. The van der Waals surface area contributed by atoms with Crippen molar-refractivity contribution < 1.29 is 24.2 Å². The average molecular weight is 483 g/mol. The van der Waals surface area contributed by atoms with Crippen LogP contribution < -0.4 is 10.6 Å². The molecule has 2 amide bonds. The zero-order chi connectivity index (χ0) is 24.1. The molecule has 1 fully saturated rings. The topological polar surface area (TPSA) is 105 Å². The third-order valence-electron chi connectivity index (χ3n) is 6.75. The number of carboxylic acids is 1. The van der Waals surface area contributed by atoms with Crippen molar-refractivity contribution in [3.8, 4) is 11.1 Å². The Morgan fingerprint density at radius 1 is 1.03 bits per heavy atom. The van der Waals surface area contributed by atoms with Crippen LogP contribution in [0, 0.1) is 5.92 Å². The smallest absolute Gasteiger partial charge is 0.407 e. The number of rotatable bonds is 10. The summed E-state index contributed by atoms with van der Waals surface area (Å²) in [5, 5.41) is 14.8. The van der Waals surface area contributed by atoms with Crippen molar-refractivity contribution in [1.29, 1.82) is 0 Å². The van der Waals surface area contributed by atoms with Gasteiger partial charge in [0, 0.05) is 5.92 Å². The van der Waals surface area contributed by atoms with Gasteiger partial charge in [-0.05, 0) is 59.4 Å².